The van der Waals surface area contributed by atoms with E-state index in [1.807, 2.05) is 6.20 Å². The highest BCUT2D eigenvalue weighted by Crippen LogP contribution is 2.60. The van der Waals surface area contributed by atoms with Gasteiger partial charge in [-0.05, 0) is 87.0 Å². The number of hydrogen-bond donors (Lipinski definition) is 2. The number of nitrogens with one attached hydrogen (secondary N) is 2. The molecule has 7 aliphatic carbocycles. The van der Waals surface area contributed by atoms with Gasteiger partial charge < -0.3 is 15.0 Å². The van der Waals surface area contributed by atoms with Crippen LogP contribution in [0.3, 0.4) is 0 Å². The zero-order valence-corrected chi connectivity index (χ0v) is 16.7. The molecule has 1 aromatic heterocycles. The molecule has 5 heteroatoms. The maximum absolute atomic E-state index is 12.6. The lowest BCUT2D eigenvalue weighted by Crippen LogP contribution is -2.63. The summed E-state index contributed by atoms with van der Waals surface area (Å²) in [5.74, 6) is 2.11. The summed E-state index contributed by atoms with van der Waals surface area (Å²) in [7, 11) is 0. The molecule has 7 aliphatic rings. The van der Waals surface area contributed by atoms with Crippen molar-refractivity contribution < 1.29 is 9.53 Å². The van der Waals surface area contributed by atoms with Gasteiger partial charge in [0, 0.05) is 30.6 Å². The van der Waals surface area contributed by atoms with Crippen molar-refractivity contribution in [1.82, 2.24) is 4.98 Å². The van der Waals surface area contributed by atoms with Crippen LogP contribution in [0, 0.1) is 11.8 Å². The van der Waals surface area contributed by atoms with Crippen LogP contribution >= 0.6 is 0 Å². The molecule has 0 aliphatic heterocycles. The second kappa shape index (κ2) is 5.64. The van der Waals surface area contributed by atoms with Crippen molar-refractivity contribution in [3.63, 3.8) is 0 Å². The fourth-order valence-electron chi connectivity index (χ4n) is 8.21. The number of hydrogen-bond acceptors (Lipinski definition) is 4. The average molecular weight is 383 g/mol. The number of anilines is 1. The number of carbonyl (C=O) groups excluding carboxylic acids is 1. The van der Waals surface area contributed by atoms with E-state index in [4.69, 9.17) is 4.74 Å². The van der Waals surface area contributed by atoms with Crippen LogP contribution in [0.1, 0.15) is 94.1 Å². The molecule has 0 spiro atoms. The van der Waals surface area contributed by atoms with E-state index >= 15 is 0 Å². The van der Waals surface area contributed by atoms with Gasteiger partial charge in [-0.1, -0.05) is 0 Å². The molecule has 0 aromatic carbocycles. The minimum atomic E-state index is -0.274. The van der Waals surface area contributed by atoms with Gasteiger partial charge in [-0.3, -0.25) is 9.59 Å². The van der Waals surface area contributed by atoms with Crippen LogP contribution in [-0.4, -0.2) is 22.1 Å². The Labute approximate surface area is 165 Å². The van der Waals surface area contributed by atoms with Crippen molar-refractivity contribution in [1.29, 1.82) is 0 Å². The predicted octanol–water partition coefficient (Wildman–Crippen LogP) is 4.20. The van der Waals surface area contributed by atoms with E-state index in [1.54, 1.807) is 6.92 Å². The smallest absolute Gasteiger partial charge is 0.303 e. The van der Waals surface area contributed by atoms with Crippen molar-refractivity contribution in [2.75, 3.05) is 5.32 Å². The number of pyridine rings is 1. The number of aromatic amines is 1. The third-order valence-electron chi connectivity index (χ3n) is 8.48. The van der Waals surface area contributed by atoms with Crippen LogP contribution in [0.2, 0.25) is 0 Å². The fraction of sp³-hybridized carbons (Fsp3) is 0.739. The third kappa shape index (κ3) is 2.44. The standard InChI is InChI=1S/C23H30N2O3/c1-13(26)28-23-9-14-6-15(10-23)8-22(7-14,12-23)25-18-11-24-21(27)20-17-4-2-16(3-5-17)19(18)20/h11,14-17,25H,2-10,12H2,1H3,(H,24,27). The molecule has 150 valence electrons. The molecule has 2 unspecified atom stereocenters. The number of aromatic nitrogens is 1. The lowest BCUT2D eigenvalue weighted by atomic mass is 9.51. The lowest BCUT2D eigenvalue weighted by molar-refractivity contribution is -0.185. The summed E-state index contributed by atoms with van der Waals surface area (Å²) < 4.78 is 5.96. The largest absolute Gasteiger partial charge is 0.459 e. The quantitative estimate of drug-likeness (QED) is 0.769. The highest BCUT2D eigenvalue weighted by molar-refractivity contribution is 5.67. The number of ether oxygens (including phenoxy) is 1. The molecule has 2 N–H and O–H groups in total. The van der Waals surface area contributed by atoms with Crippen LogP contribution in [0.25, 0.3) is 0 Å². The Morgan fingerprint density at radius 2 is 1.71 bits per heavy atom. The summed E-state index contributed by atoms with van der Waals surface area (Å²) in [5.41, 5.74) is 3.38. The van der Waals surface area contributed by atoms with Gasteiger partial charge in [0.05, 0.1) is 5.69 Å². The Morgan fingerprint density at radius 1 is 1.07 bits per heavy atom. The molecule has 5 saturated carbocycles. The van der Waals surface area contributed by atoms with Crippen molar-refractivity contribution in [3.8, 4) is 0 Å². The van der Waals surface area contributed by atoms with Gasteiger partial charge >= 0.3 is 5.97 Å². The van der Waals surface area contributed by atoms with E-state index in [1.165, 1.54) is 24.8 Å². The second-order valence-corrected chi connectivity index (χ2v) is 10.6. The first kappa shape index (κ1) is 17.1. The first-order valence-corrected chi connectivity index (χ1v) is 11.2. The van der Waals surface area contributed by atoms with Gasteiger partial charge in [-0.2, -0.15) is 0 Å². The summed E-state index contributed by atoms with van der Waals surface area (Å²) in [4.78, 5) is 27.5. The van der Waals surface area contributed by atoms with Crippen LogP contribution in [0.15, 0.2) is 11.0 Å². The van der Waals surface area contributed by atoms with Crippen molar-refractivity contribution in [2.24, 2.45) is 11.8 Å². The van der Waals surface area contributed by atoms with E-state index < -0.39 is 0 Å². The Kier molecular flexibility index (Phi) is 3.45. The summed E-state index contributed by atoms with van der Waals surface area (Å²) in [6.07, 6.45) is 13.3. The summed E-state index contributed by atoms with van der Waals surface area (Å²) in [5, 5.41) is 3.96. The molecule has 0 radical (unpaired) electrons. The van der Waals surface area contributed by atoms with Crippen LogP contribution in [0.5, 0.6) is 0 Å². The molecule has 0 amide bonds. The van der Waals surface area contributed by atoms with Gasteiger partial charge in [0.1, 0.15) is 5.60 Å². The van der Waals surface area contributed by atoms with E-state index in [0.29, 0.717) is 23.7 Å². The van der Waals surface area contributed by atoms with E-state index in [0.717, 1.165) is 56.2 Å². The van der Waals surface area contributed by atoms with Crippen LogP contribution in [-0.2, 0) is 9.53 Å². The highest BCUT2D eigenvalue weighted by atomic mass is 16.6. The molecule has 5 nitrogen and oxygen atoms in total. The summed E-state index contributed by atoms with van der Waals surface area (Å²) >= 11 is 0. The molecule has 1 heterocycles. The Bertz CT molecular complexity index is 882. The van der Waals surface area contributed by atoms with Gasteiger partial charge in [0.15, 0.2) is 0 Å². The zero-order chi connectivity index (χ0) is 19.1. The molecule has 0 saturated heterocycles. The second-order valence-electron chi connectivity index (χ2n) is 10.6. The van der Waals surface area contributed by atoms with Gasteiger partial charge in [0.2, 0.25) is 0 Å². The molecule has 8 rings (SSSR count). The molecular formula is C23H30N2O3. The maximum atomic E-state index is 12.6. The third-order valence-corrected chi connectivity index (χ3v) is 8.48. The molecular weight excluding hydrogens is 352 g/mol. The normalized spacial score (nSPS) is 42.3. The molecule has 6 bridgehead atoms. The Hall–Kier alpha value is -1.78. The SMILES string of the molecule is CC(=O)OC12CC3CC(CC(Nc4c[nH]c(=O)c5c4C4CCC5CC4)(C3)C1)C2. The topological polar surface area (TPSA) is 71.2 Å². The number of carbonyl (C=O) groups is 1. The minimum Gasteiger partial charge on any atom is -0.459 e. The minimum absolute atomic E-state index is 0.00222. The molecule has 1 aromatic rings. The first-order valence-electron chi connectivity index (χ1n) is 11.2. The van der Waals surface area contributed by atoms with E-state index in [9.17, 15) is 9.59 Å². The summed E-state index contributed by atoms with van der Waals surface area (Å²) in [6.45, 7) is 1.55. The van der Waals surface area contributed by atoms with Gasteiger partial charge in [0.25, 0.3) is 5.56 Å². The zero-order valence-electron chi connectivity index (χ0n) is 16.7. The number of fused-ring (bicyclic) bond motifs is 2. The lowest BCUT2D eigenvalue weighted by Gasteiger charge is -2.61. The number of rotatable bonds is 3. The fourth-order valence-corrected chi connectivity index (χ4v) is 8.21. The van der Waals surface area contributed by atoms with Crippen molar-refractivity contribution >= 4 is 11.7 Å². The Balaban J connectivity index is 1.39. The monoisotopic (exact) mass is 382 g/mol. The predicted molar refractivity (Wildman–Crippen MR) is 107 cm³/mol. The molecule has 28 heavy (non-hydrogen) atoms. The van der Waals surface area contributed by atoms with Crippen molar-refractivity contribution in [2.45, 2.75) is 94.1 Å². The highest BCUT2D eigenvalue weighted by Gasteiger charge is 2.59. The first-order chi connectivity index (χ1) is 13.4. The van der Waals surface area contributed by atoms with Gasteiger partial charge in [-0.15, -0.1) is 0 Å². The molecule has 5 fully saturated rings. The van der Waals surface area contributed by atoms with Gasteiger partial charge in [-0.25, -0.2) is 0 Å². The number of esters is 1. The Morgan fingerprint density at radius 3 is 2.36 bits per heavy atom. The number of H-pyrrole nitrogens is 1. The van der Waals surface area contributed by atoms with E-state index in [-0.39, 0.29) is 22.7 Å². The maximum Gasteiger partial charge on any atom is 0.303 e. The van der Waals surface area contributed by atoms with Crippen LogP contribution < -0.4 is 10.9 Å². The summed E-state index contributed by atoms with van der Waals surface area (Å²) in [6, 6.07) is 0. The van der Waals surface area contributed by atoms with E-state index in [2.05, 4.69) is 10.3 Å². The van der Waals surface area contributed by atoms with Crippen molar-refractivity contribution in [3.05, 3.63) is 27.7 Å². The molecule has 2 atom stereocenters. The average Bonchev–Trinajstić information content (AvgIpc) is 2.62. The van der Waals surface area contributed by atoms with Crippen LogP contribution in [0.4, 0.5) is 5.69 Å².